The van der Waals surface area contributed by atoms with Crippen molar-refractivity contribution in [3.05, 3.63) is 53.6 Å². The third kappa shape index (κ3) is 4.38. The van der Waals surface area contributed by atoms with Gasteiger partial charge in [0.05, 0.1) is 16.0 Å². The van der Waals surface area contributed by atoms with E-state index in [2.05, 4.69) is 50.8 Å². The number of carbonyl (C=O) groups is 1. The molecule has 2 aromatic carbocycles. The molecule has 0 spiro atoms. The molecule has 3 heterocycles. The van der Waals surface area contributed by atoms with Crippen molar-refractivity contribution in [1.29, 1.82) is 0 Å². The van der Waals surface area contributed by atoms with Gasteiger partial charge >= 0.3 is 0 Å². The molecule has 0 bridgehead atoms. The number of para-hydroxylation sites is 1. The van der Waals surface area contributed by atoms with E-state index in [-0.39, 0.29) is 5.91 Å². The summed E-state index contributed by atoms with van der Waals surface area (Å²) in [6, 6.07) is 14.5. The Hall–Kier alpha value is -2.64. The van der Waals surface area contributed by atoms with E-state index in [0.717, 1.165) is 82.1 Å². The third-order valence-corrected chi connectivity index (χ3v) is 7.13. The van der Waals surface area contributed by atoms with Crippen LogP contribution in [0, 0.1) is 0 Å². The van der Waals surface area contributed by atoms with E-state index >= 15 is 0 Å². The second-order valence-corrected chi connectivity index (χ2v) is 9.12. The molecule has 0 radical (unpaired) electrons. The lowest BCUT2D eigenvalue weighted by atomic mass is 10.1. The first-order valence-corrected chi connectivity index (χ1v) is 12.0. The number of anilines is 2. The highest BCUT2D eigenvalue weighted by atomic mass is 32.1. The van der Waals surface area contributed by atoms with E-state index in [1.165, 1.54) is 15.6 Å². The number of benzene rings is 2. The SMILES string of the molecule is O=C(NCCCCN1CCN(c2nsc3ccccc23)CC1)c1cccc2c1NCC2. The summed E-state index contributed by atoms with van der Waals surface area (Å²) in [5.41, 5.74) is 3.05. The van der Waals surface area contributed by atoms with Crippen LogP contribution >= 0.6 is 11.5 Å². The second kappa shape index (κ2) is 9.24. The Balaban J connectivity index is 1.03. The van der Waals surface area contributed by atoms with Gasteiger partial charge in [0.25, 0.3) is 5.91 Å². The molecule has 1 amide bonds. The summed E-state index contributed by atoms with van der Waals surface area (Å²) in [5, 5.41) is 7.71. The molecule has 0 unspecified atom stereocenters. The number of fused-ring (bicyclic) bond motifs is 2. The van der Waals surface area contributed by atoms with Gasteiger partial charge in [-0.05, 0) is 61.1 Å². The molecule has 2 N–H and O–H groups in total. The predicted octanol–water partition coefficient (Wildman–Crippen LogP) is 3.60. The Kier molecular flexibility index (Phi) is 6.04. The van der Waals surface area contributed by atoms with E-state index in [4.69, 9.17) is 4.37 Å². The van der Waals surface area contributed by atoms with Gasteiger partial charge in [-0.3, -0.25) is 9.69 Å². The van der Waals surface area contributed by atoms with E-state index in [9.17, 15) is 4.79 Å². The van der Waals surface area contributed by atoms with E-state index in [1.807, 2.05) is 12.1 Å². The van der Waals surface area contributed by atoms with Gasteiger partial charge < -0.3 is 15.5 Å². The summed E-state index contributed by atoms with van der Waals surface area (Å²) in [6.07, 6.45) is 3.11. The molecule has 2 aliphatic heterocycles. The number of unbranched alkanes of at least 4 members (excludes halogenated alkanes) is 1. The number of hydrogen-bond acceptors (Lipinski definition) is 6. The Bertz CT molecular complexity index is 1060. The maximum atomic E-state index is 12.5. The summed E-state index contributed by atoms with van der Waals surface area (Å²) in [5.74, 6) is 1.18. The molecule has 1 saturated heterocycles. The topological polar surface area (TPSA) is 60.5 Å². The van der Waals surface area contributed by atoms with Crippen LogP contribution in [0.5, 0.6) is 0 Å². The molecule has 0 saturated carbocycles. The number of nitrogens with zero attached hydrogens (tertiary/aromatic N) is 3. The Morgan fingerprint density at radius 2 is 1.94 bits per heavy atom. The minimum atomic E-state index is 0.0374. The van der Waals surface area contributed by atoms with Crippen molar-refractivity contribution in [3.63, 3.8) is 0 Å². The maximum absolute atomic E-state index is 12.5. The van der Waals surface area contributed by atoms with Crippen molar-refractivity contribution in [2.75, 3.05) is 56.0 Å². The number of hydrogen-bond donors (Lipinski definition) is 2. The van der Waals surface area contributed by atoms with Gasteiger partial charge in [0, 0.05) is 44.7 Å². The molecular formula is C24H29N5OS. The lowest BCUT2D eigenvalue weighted by Gasteiger charge is -2.35. The number of aromatic nitrogens is 1. The Morgan fingerprint density at radius 3 is 2.84 bits per heavy atom. The zero-order valence-corrected chi connectivity index (χ0v) is 18.6. The van der Waals surface area contributed by atoms with Crippen LogP contribution < -0.4 is 15.5 Å². The van der Waals surface area contributed by atoms with Crippen LogP contribution in [0.4, 0.5) is 11.5 Å². The molecular weight excluding hydrogens is 406 g/mol. The van der Waals surface area contributed by atoms with Crippen molar-refractivity contribution in [3.8, 4) is 0 Å². The summed E-state index contributed by atoms with van der Waals surface area (Å²) >= 11 is 1.59. The lowest BCUT2D eigenvalue weighted by molar-refractivity contribution is 0.0953. The summed E-state index contributed by atoms with van der Waals surface area (Å²) in [6.45, 7) is 6.93. The normalized spacial score (nSPS) is 16.3. The monoisotopic (exact) mass is 435 g/mol. The quantitative estimate of drug-likeness (QED) is 0.556. The van der Waals surface area contributed by atoms with Gasteiger partial charge in [0.1, 0.15) is 5.82 Å². The number of nitrogens with one attached hydrogen (secondary N) is 2. The highest BCUT2D eigenvalue weighted by Gasteiger charge is 2.21. The fourth-order valence-corrected chi connectivity index (χ4v) is 5.37. The van der Waals surface area contributed by atoms with Crippen LogP contribution in [0.2, 0.25) is 0 Å². The zero-order chi connectivity index (χ0) is 21.0. The number of piperazine rings is 1. The molecule has 0 aliphatic carbocycles. The fraction of sp³-hybridized carbons (Fsp3) is 0.417. The zero-order valence-electron chi connectivity index (χ0n) is 17.8. The smallest absolute Gasteiger partial charge is 0.253 e. The Labute approximate surface area is 187 Å². The Morgan fingerprint density at radius 1 is 1.06 bits per heavy atom. The molecule has 1 fully saturated rings. The molecule has 0 atom stereocenters. The first kappa shape index (κ1) is 20.3. The number of rotatable bonds is 7. The molecule has 3 aromatic rings. The maximum Gasteiger partial charge on any atom is 0.253 e. The van der Waals surface area contributed by atoms with Gasteiger partial charge in [0.15, 0.2) is 0 Å². The predicted molar refractivity (Wildman–Crippen MR) is 128 cm³/mol. The molecule has 31 heavy (non-hydrogen) atoms. The first-order valence-electron chi connectivity index (χ1n) is 11.3. The van der Waals surface area contributed by atoms with Crippen molar-refractivity contribution in [1.82, 2.24) is 14.6 Å². The van der Waals surface area contributed by atoms with Crippen molar-refractivity contribution >= 4 is 39.0 Å². The van der Waals surface area contributed by atoms with Gasteiger partial charge in [0.2, 0.25) is 0 Å². The van der Waals surface area contributed by atoms with Crippen molar-refractivity contribution in [2.45, 2.75) is 19.3 Å². The van der Waals surface area contributed by atoms with Crippen LogP contribution in [0.3, 0.4) is 0 Å². The number of carbonyl (C=O) groups excluding carboxylic acids is 1. The van der Waals surface area contributed by atoms with Gasteiger partial charge in [-0.15, -0.1) is 0 Å². The molecule has 1 aromatic heterocycles. The van der Waals surface area contributed by atoms with E-state index in [1.54, 1.807) is 11.5 Å². The first-order chi connectivity index (χ1) is 15.3. The molecule has 162 valence electrons. The van der Waals surface area contributed by atoms with Crippen LogP contribution in [0.15, 0.2) is 42.5 Å². The van der Waals surface area contributed by atoms with E-state index in [0.29, 0.717) is 0 Å². The van der Waals surface area contributed by atoms with Crippen LogP contribution in [0.1, 0.15) is 28.8 Å². The van der Waals surface area contributed by atoms with Crippen molar-refractivity contribution < 1.29 is 4.79 Å². The third-order valence-electron chi connectivity index (χ3n) is 6.31. The molecule has 7 heteroatoms. The fourth-order valence-electron chi connectivity index (χ4n) is 4.57. The average molecular weight is 436 g/mol. The van der Waals surface area contributed by atoms with Crippen LogP contribution in [-0.2, 0) is 6.42 Å². The minimum absolute atomic E-state index is 0.0374. The summed E-state index contributed by atoms with van der Waals surface area (Å²) < 4.78 is 5.96. The van der Waals surface area contributed by atoms with E-state index < -0.39 is 0 Å². The van der Waals surface area contributed by atoms with Crippen LogP contribution in [0.25, 0.3) is 10.1 Å². The summed E-state index contributed by atoms with van der Waals surface area (Å²) in [4.78, 5) is 17.5. The summed E-state index contributed by atoms with van der Waals surface area (Å²) in [7, 11) is 0. The lowest BCUT2D eigenvalue weighted by Crippen LogP contribution is -2.46. The van der Waals surface area contributed by atoms with Crippen molar-refractivity contribution in [2.24, 2.45) is 0 Å². The minimum Gasteiger partial charge on any atom is -0.384 e. The molecule has 2 aliphatic rings. The van der Waals surface area contributed by atoms with Gasteiger partial charge in [-0.2, -0.15) is 4.37 Å². The van der Waals surface area contributed by atoms with Gasteiger partial charge in [-0.25, -0.2) is 0 Å². The standard InChI is InChI=1S/C24H29N5OS/c30-24(20-8-5-6-18-10-12-25-22(18)20)26-11-3-4-13-28-14-16-29(17-15-28)23-19-7-1-2-9-21(19)31-27-23/h1-2,5-9,25H,3-4,10-17H2,(H,26,30). The molecule has 5 rings (SSSR count). The number of amides is 1. The largest absolute Gasteiger partial charge is 0.384 e. The highest BCUT2D eigenvalue weighted by Crippen LogP contribution is 2.30. The van der Waals surface area contributed by atoms with Crippen LogP contribution in [-0.4, -0.2) is 61.0 Å². The van der Waals surface area contributed by atoms with Gasteiger partial charge in [-0.1, -0.05) is 24.3 Å². The average Bonchev–Trinajstić information content (AvgIpc) is 3.46. The molecule has 6 nitrogen and oxygen atoms in total. The highest BCUT2D eigenvalue weighted by molar-refractivity contribution is 7.13. The second-order valence-electron chi connectivity index (χ2n) is 8.31.